The molecule has 0 spiro atoms. The van der Waals surface area contributed by atoms with E-state index in [1.807, 2.05) is 0 Å². The Hall–Kier alpha value is -2.94. The lowest BCUT2D eigenvalue weighted by molar-refractivity contribution is -0.121. The van der Waals surface area contributed by atoms with Crippen molar-refractivity contribution in [3.05, 3.63) is 48.3 Å². The number of aliphatic hydroxyl groups excluding tert-OH is 1. The summed E-state index contributed by atoms with van der Waals surface area (Å²) in [5, 5.41) is 17.0. The van der Waals surface area contributed by atoms with Crippen molar-refractivity contribution in [1.82, 2.24) is 14.8 Å². The van der Waals surface area contributed by atoms with Gasteiger partial charge >= 0.3 is 6.61 Å². The second-order valence-corrected chi connectivity index (χ2v) is 6.15. The van der Waals surface area contributed by atoms with Crippen LogP contribution in [0.15, 0.2) is 42.7 Å². The van der Waals surface area contributed by atoms with E-state index in [0.717, 1.165) is 0 Å². The summed E-state index contributed by atoms with van der Waals surface area (Å²) in [4.78, 5) is 12.6. The lowest BCUT2D eigenvalue weighted by atomic mass is 10.1. The molecule has 0 saturated heterocycles. The Morgan fingerprint density at radius 3 is 2.56 bits per heavy atom. The number of carbonyl (C=O) groups excluding carboxylic acids is 1. The molecule has 0 bridgehead atoms. The van der Waals surface area contributed by atoms with E-state index in [1.165, 1.54) is 17.1 Å². The van der Waals surface area contributed by atoms with E-state index in [4.69, 9.17) is 0 Å². The number of benzene rings is 1. The van der Waals surface area contributed by atoms with Crippen molar-refractivity contribution < 1.29 is 23.4 Å². The number of alkyl halides is 2. The van der Waals surface area contributed by atoms with E-state index < -0.39 is 12.7 Å². The minimum atomic E-state index is -2.89. The molecule has 1 aliphatic heterocycles. The van der Waals surface area contributed by atoms with E-state index in [9.17, 15) is 18.7 Å². The van der Waals surface area contributed by atoms with Crippen LogP contribution in [0.2, 0.25) is 0 Å². The molecule has 9 heteroatoms. The molecule has 7 nitrogen and oxygen atoms in total. The van der Waals surface area contributed by atoms with Gasteiger partial charge in [-0.15, -0.1) is 0 Å². The van der Waals surface area contributed by atoms with Crippen LogP contribution in [0.3, 0.4) is 0 Å². The number of anilines is 1. The summed E-state index contributed by atoms with van der Waals surface area (Å²) in [5.74, 6) is -0.114. The van der Waals surface area contributed by atoms with E-state index in [2.05, 4.69) is 9.84 Å². The van der Waals surface area contributed by atoms with Gasteiger partial charge in [-0.3, -0.25) is 14.5 Å². The number of carbonyl (C=O) groups is 1. The van der Waals surface area contributed by atoms with Gasteiger partial charge in [0, 0.05) is 13.5 Å². The number of hydrazine groups is 1. The number of aromatic nitrogens is 2. The molecule has 1 aliphatic rings. The van der Waals surface area contributed by atoms with Gasteiger partial charge in [-0.2, -0.15) is 13.9 Å². The summed E-state index contributed by atoms with van der Waals surface area (Å²) in [6.45, 7) is -1.30. The fourth-order valence-electron chi connectivity index (χ4n) is 2.95. The van der Waals surface area contributed by atoms with Gasteiger partial charge in [0.05, 0.1) is 30.7 Å². The van der Waals surface area contributed by atoms with Crippen molar-refractivity contribution in [2.24, 2.45) is 7.05 Å². The Balaban J connectivity index is 1.98. The molecular weight excluding hydrogens is 358 g/mol. The van der Waals surface area contributed by atoms with Crippen molar-refractivity contribution in [1.29, 1.82) is 0 Å². The molecule has 0 saturated carbocycles. The first-order valence-electron chi connectivity index (χ1n) is 8.37. The minimum Gasteiger partial charge on any atom is -0.435 e. The molecule has 0 radical (unpaired) electrons. The van der Waals surface area contributed by atoms with Crippen LogP contribution in [-0.4, -0.2) is 45.1 Å². The van der Waals surface area contributed by atoms with Gasteiger partial charge in [0.25, 0.3) is 0 Å². The molecule has 1 aromatic heterocycles. The van der Waals surface area contributed by atoms with Crippen LogP contribution >= 0.6 is 0 Å². The summed E-state index contributed by atoms with van der Waals surface area (Å²) < 4.78 is 30.7. The average Bonchev–Trinajstić information content (AvgIpc) is 3.07. The highest BCUT2D eigenvalue weighted by atomic mass is 19.3. The van der Waals surface area contributed by atoms with Crippen LogP contribution in [0, 0.1) is 0 Å². The van der Waals surface area contributed by atoms with Gasteiger partial charge in [0.2, 0.25) is 5.91 Å². The molecule has 2 aromatic rings. The molecule has 0 fully saturated rings. The maximum Gasteiger partial charge on any atom is 0.387 e. The standard InChI is InChI=1S/C18H20F2N4O3/c1-12(11-25)23-16(13-3-5-15(6-4-13)27-18(19)20)7-8-17(26)24(23)14-9-21-22(2)10-14/h3-7,9-10,12,18,25H,8,11H2,1-2H3/t12-/m0/s1. The summed E-state index contributed by atoms with van der Waals surface area (Å²) in [5.41, 5.74) is 1.97. The first-order chi connectivity index (χ1) is 12.9. The van der Waals surface area contributed by atoms with Crippen LogP contribution in [0.5, 0.6) is 5.75 Å². The van der Waals surface area contributed by atoms with Gasteiger partial charge in [-0.25, -0.2) is 5.01 Å². The highest BCUT2D eigenvalue weighted by Gasteiger charge is 2.33. The second-order valence-electron chi connectivity index (χ2n) is 6.15. The van der Waals surface area contributed by atoms with Gasteiger partial charge in [-0.1, -0.05) is 0 Å². The highest BCUT2D eigenvalue weighted by molar-refractivity contribution is 5.97. The first kappa shape index (κ1) is 18.8. The quantitative estimate of drug-likeness (QED) is 0.836. The van der Waals surface area contributed by atoms with Gasteiger partial charge in [0.1, 0.15) is 11.4 Å². The van der Waals surface area contributed by atoms with Crippen molar-refractivity contribution in [2.45, 2.75) is 26.0 Å². The highest BCUT2D eigenvalue weighted by Crippen LogP contribution is 2.33. The Kier molecular flexibility index (Phi) is 5.41. The van der Waals surface area contributed by atoms with Gasteiger partial charge in [0.15, 0.2) is 0 Å². The molecule has 144 valence electrons. The molecule has 0 aliphatic carbocycles. The Morgan fingerprint density at radius 2 is 2.00 bits per heavy atom. The summed E-state index contributed by atoms with van der Waals surface area (Å²) in [6.07, 6.45) is 5.19. The molecule has 27 heavy (non-hydrogen) atoms. The minimum absolute atomic E-state index is 0.0482. The zero-order valence-electron chi connectivity index (χ0n) is 14.9. The zero-order valence-corrected chi connectivity index (χ0v) is 14.9. The monoisotopic (exact) mass is 378 g/mol. The number of ether oxygens (including phenoxy) is 1. The van der Waals surface area contributed by atoms with E-state index in [0.29, 0.717) is 16.9 Å². The molecule has 3 rings (SSSR count). The maximum atomic E-state index is 12.6. The zero-order chi connectivity index (χ0) is 19.6. The summed E-state index contributed by atoms with van der Waals surface area (Å²) >= 11 is 0. The number of halogens is 2. The fraction of sp³-hybridized carbons (Fsp3) is 0.333. The smallest absolute Gasteiger partial charge is 0.387 e. The van der Waals surface area contributed by atoms with Crippen LogP contribution in [0.4, 0.5) is 14.5 Å². The van der Waals surface area contributed by atoms with Crippen molar-refractivity contribution >= 4 is 17.3 Å². The predicted molar refractivity (Wildman–Crippen MR) is 94.7 cm³/mol. The second kappa shape index (κ2) is 7.75. The Bertz CT molecular complexity index is 835. The van der Waals surface area contributed by atoms with Crippen molar-refractivity contribution in [3.63, 3.8) is 0 Å². The molecule has 1 aromatic carbocycles. The van der Waals surface area contributed by atoms with Crippen LogP contribution in [-0.2, 0) is 11.8 Å². The van der Waals surface area contributed by atoms with Gasteiger partial charge < -0.3 is 9.84 Å². The number of hydrogen-bond donors (Lipinski definition) is 1. The average molecular weight is 378 g/mol. The SMILES string of the molecule is C[C@@H](CO)N1C(c2ccc(OC(F)F)cc2)=CCC(=O)N1c1cnn(C)c1. The molecule has 1 atom stereocenters. The predicted octanol–water partition coefficient (Wildman–Crippen LogP) is 2.40. The van der Waals surface area contributed by atoms with Crippen molar-refractivity contribution in [3.8, 4) is 5.75 Å². The van der Waals surface area contributed by atoms with Crippen LogP contribution < -0.4 is 9.75 Å². The summed E-state index contributed by atoms with van der Waals surface area (Å²) in [6, 6.07) is 5.75. The third kappa shape index (κ3) is 3.92. The van der Waals surface area contributed by atoms with Crippen LogP contribution in [0.1, 0.15) is 18.9 Å². The normalized spacial score (nSPS) is 15.9. The van der Waals surface area contributed by atoms with E-state index in [1.54, 1.807) is 54.3 Å². The first-order valence-corrected chi connectivity index (χ1v) is 8.37. The molecule has 0 unspecified atom stereocenters. The number of rotatable bonds is 6. The number of aryl methyl sites for hydroxylation is 1. The third-order valence-electron chi connectivity index (χ3n) is 4.16. The van der Waals surface area contributed by atoms with Crippen molar-refractivity contribution in [2.75, 3.05) is 11.6 Å². The lowest BCUT2D eigenvalue weighted by Gasteiger charge is -2.43. The molecule has 1 N–H and O–H groups in total. The maximum absolute atomic E-state index is 12.6. The number of amides is 1. The summed E-state index contributed by atoms with van der Waals surface area (Å²) in [7, 11) is 1.75. The number of nitrogens with zero attached hydrogens (tertiary/aromatic N) is 4. The Labute approximate surface area is 155 Å². The largest absolute Gasteiger partial charge is 0.435 e. The molecule has 2 heterocycles. The van der Waals surface area contributed by atoms with Crippen LogP contribution in [0.25, 0.3) is 5.70 Å². The molecular formula is C18H20F2N4O3. The topological polar surface area (TPSA) is 70.8 Å². The van der Waals surface area contributed by atoms with Gasteiger partial charge in [-0.05, 0) is 42.8 Å². The van der Waals surface area contributed by atoms with E-state index in [-0.39, 0.29) is 24.7 Å². The van der Waals surface area contributed by atoms with E-state index >= 15 is 0 Å². The lowest BCUT2D eigenvalue weighted by Crippen LogP contribution is -2.53. The number of hydrogen-bond acceptors (Lipinski definition) is 5. The fourth-order valence-corrected chi connectivity index (χ4v) is 2.95. The molecule has 1 amide bonds. The number of aliphatic hydroxyl groups is 1. The third-order valence-corrected chi connectivity index (χ3v) is 4.16. The Morgan fingerprint density at radius 1 is 1.30 bits per heavy atom.